The summed E-state index contributed by atoms with van der Waals surface area (Å²) in [5.41, 5.74) is 4.46. The highest BCUT2D eigenvalue weighted by Gasteiger charge is 2.15. The molecule has 1 heterocycles. The number of benzene rings is 1. The second-order valence-electron chi connectivity index (χ2n) is 6.06. The summed E-state index contributed by atoms with van der Waals surface area (Å²) in [6.45, 7) is 11.3. The van der Waals surface area contributed by atoms with Crippen LogP contribution in [0.4, 0.5) is 0 Å². The van der Waals surface area contributed by atoms with Crippen molar-refractivity contribution in [2.75, 3.05) is 0 Å². The first-order chi connectivity index (χ1) is 8.39. The van der Waals surface area contributed by atoms with Crippen molar-refractivity contribution in [3.8, 4) is 0 Å². The van der Waals surface area contributed by atoms with E-state index in [0.717, 1.165) is 0 Å². The maximum atomic E-state index is 2.30. The molecule has 1 aromatic heterocycles. The lowest BCUT2D eigenvalue weighted by atomic mass is 9.85. The molecule has 0 saturated carbocycles. The minimum absolute atomic E-state index is 0.237. The molecule has 0 N–H and O–H groups in total. The van der Waals surface area contributed by atoms with Gasteiger partial charge in [0.05, 0.1) is 0 Å². The highest BCUT2D eigenvalue weighted by molar-refractivity contribution is 7.10. The molecule has 0 aliphatic heterocycles. The number of aryl methyl sites for hydroxylation is 1. The Hall–Kier alpha value is -1.08. The van der Waals surface area contributed by atoms with E-state index in [4.69, 9.17) is 0 Å². The molecule has 0 spiro atoms. The van der Waals surface area contributed by atoms with E-state index in [1.165, 1.54) is 21.6 Å². The van der Waals surface area contributed by atoms with Crippen molar-refractivity contribution in [3.05, 3.63) is 57.3 Å². The summed E-state index contributed by atoms with van der Waals surface area (Å²) in [7, 11) is 0. The molecular formula is C17H22S. The summed E-state index contributed by atoms with van der Waals surface area (Å²) in [5.74, 6) is 0.499. The van der Waals surface area contributed by atoms with Crippen LogP contribution < -0.4 is 0 Å². The van der Waals surface area contributed by atoms with Gasteiger partial charge in [0.15, 0.2) is 0 Å². The van der Waals surface area contributed by atoms with Crippen LogP contribution in [0.3, 0.4) is 0 Å². The van der Waals surface area contributed by atoms with E-state index in [1.807, 2.05) is 11.3 Å². The maximum Gasteiger partial charge on any atom is 0.0158 e. The molecule has 1 heteroatoms. The fourth-order valence-corrected chi connectivity index (χ4v) is 3.26. The minimum Gasteiger partial charge on any atom is -0.148 e. The third-order valence-electron chi connectivity index (χ3n) is 3.57. The van der Waals surface area contributed by atoms with Crippen LogP contribution in [0.1, 0.15) is 55.2 Å². The topological polar surface area (TPSA) is 0 Å². The molecule has 1 atom stereocenters. The van der Waals surface area contributed by atoms with Crippen LogP contribution >= 0.6 is 11.3 Å². The van der Waals surface area contributed by atoms with Crippen LogP contribution in [0, 0.1) is 6.92 Å². The van der Waals surface area contributed by atoms with Gasteiger partial charge in [0.2, 0.25) is 0 Å². The van der Waals surface area contributed by atoms with Crippen molar-refractivity contribution < 1.29 is 0 Å². The molecule has 0 aliphatic carbocycles. The average Bonchev–Trinajstić information content (AvgIpc) is 2.73. The standard InChI is InChI=1S/C17H22S/c1-12-10-11-18-16(12)13(2)14-6-8-15(9-7-14)17(3,4)5/h6-11,13H,1-5H3. The Morgan fingerprint density at radius 3 is 2.06 bits per heavy atom. The Kier molecular flexibility index (Phi) is 3.63. The molecule has 96 valence electrons. The summed E-state index contributed by atoms with van der Waals surface area (Å²) < 4.78 is 0. The van der Waals surface area contributed by atoms with Gasteiger partial charge in [-0.05, 0) is 40.5 Å². The second-order valence-corrected chi connectivity index (χ2v) is 7.01. The van der Waals surface area contributed by atoms with Crippen LogP contribution in [0.5, 0.6) is 0 Å². The highest BCUT2D eigenvalue weighted by atomic mass is 32.1. The van der Waals surface area contributed by atoms with E-state index in [0.29, 0.717) is 5.92 Å². The third kappa shape index (κ3) is 2.67. The SMILES string of the molecule is Cc1ccsc1C(C)c1ccc(C(C)(C)C)cc1. The number of hydrogen-bond donors (Lipinski definition) is 0. The van der Waals surface area contributed by atoms with Gasteiger partial charge in [0.25, 0.3) is 0 Å². The van der Waals surface area contributed by atoms with Crippen molar-refractivity contribution in [1.29, 1.82) is 0 Å². The largest absolute Gasteiger partial charge is 0.148 e. The fraction of sp³-hybridized carbons (Fsp3) is 0.412. The molecule has 2 rings (SSSR count). The molecule has 0 saturated heterocycles. The van der Waals surface area contributed by atoms with E-state index in [2.05, 4.69) is 70.3 Å². The molecule has 2 aromatic rings. The van der Waals surface area contributed by atoms with Gasteiger partial charge in [0.1, 0.15) is 0 Å². The predicted octanol–water partition coefficient (Wildman–Crippen LogP) is 5.51. The monoisotopic (exact) mass is 258 g/mol. The summed E-state index contributed by atoms with van der Waals surface area (Å²) in [6, 6.07) is 11.3. The van der Waals surface area contributed by atoms with Gasteiger partial charge in [-0.25, -0.2) is 0 Å². The lowest BCUT2D eigenvalue weighted by Crippen LogP contribution is -2.10. The molecule has 0 amide bonds. The van der Waals surface area contributed by atoms with Gasteiger partial charge in [-0.2, -0.15) is 0 Å². The van der Waals surface area contributed by atoms with Gasteiger partial charge in [-0.15, -0.1) is 11.3 Å². The molecular weight excluding hydrogens is 236 g/mol. The van der Waals surface area contributed by atoms with Crippen molar-refractivity contribution in [3.63, 3.8) is 0 Å². The van der Waals surface area contributed by atoms with Gasteiger partial charge in [-0.3, -0.25) is 0 Å². The Morgan fingerprint density at radius 2 is 1.61 bits per heavy atom. The molecule has 0 nitrogen and oxygen atoms in total. The van der Waals surface area contributed by atoms with Crippen molar-refractivity contribution in [2.24, 2.45) is 0 Å². The van der Waals surface area contributed by atoms with E-state index < -0.39 is 0 Å². The Morgan fingerprint density at radius 1 is 1.00 bits per heavy atom. The van der Waals surface area contributed by atoms with E-state index in [-0.39, 0.29) is 5.41 Å². The van der Waals surface area contributed by atoms with Crippen molar-refractivity contribution in [2.45, 2.75) is 46.0 Å². The molecule has 18 heavy (non-hydrogen) atoms. The zero-order valence-corrected chi connectivity index (χ0v) is 12.8. The van der Waals surface area contributed by atoms with Crippen LogP contribution in [-0.4, -0.2) is 0 Å². The molecule has 1 aromatic carbocycles. The minimum atomic E-state index is 0.237. The van der Waals surface area contributed by atoms with Crippen LogP contribution in [0.2, 0.25) is 0 Å². The Balaban J connectivity index is 2.28. The summed E-state index contributed by atoms with van der Waals surface area (Å²) in [6.07, 6.45) is 0. The number of thiophene rings is 1. The summed E-state index contributed by atoms with van der Waals surface area (Å²) >= 11 is 1.86. The maximum absolute atomic E-state index is 2.30. The fourth-order valence-electron chi connectivity index (χ4n) is 2.25. The zero-order chi connectivity index (χ0) is 13.3. The van der Waals surface area contributed by atoms with E-state index >= 15 is 0 Å². The summed E-state index contributed by atoms with van der Waals surface area (Å²) in [4.78, 5) is 1.48. The number of rotatable bonds is 2. The third-order valence-corrected chi connectivity index (χ3v) is 4.77. The highest BCUT2D eigenvalue weighted by Crippen LogP contribution is 2.32. The van der Waals surface area contributed by atoms with Gasteiger partial charge >= 0.3 is 0 Å². The molecule has 0 fully saturated rings. The van der Waals surface area contributed by atoms with E-state index in [1.54, 1.807) is 0 Å². The molecule has 0 radical (unpaired) electrons. The first kappa shape index (κ1) is 13.4. The van der Waals surface area contributed by atoms with Crippen LogP contribution in [-0.2, 0) is 5.41 Å². The first-order valence-electron chi connectivity index (χ1n) is 6.54. The van der Waals surface area contributed by atoms with Crippen LogP contribution in [0.25, 0.3) is 0 Å². The normalized spacial score (nSPS) is 13.6. The lowest BCUT2D eigenvalue weighted by Gasteiger charge is -2.20. The van der Waals surface area contributed by atoms with Crippen molar-refractivity contribution in [1.82, 2.24) is 0 Å². The average molecular weight is 258 g/mol. The molecule has 0 aliphatic rings. The van der Waals surface area contributed by atoms with Crippen molar-refractivity contribution >= 4 is 11.3 Å². The van der Waals surface area contributed by atoms with Gasteiger partial charge in [0, 0.05) is 10.8 Å². The quantitative estimate of drug-likeness (QED) is 0.666. The smallest absolute Gasteiger partial charge is 0.0158 e. The Bertz CT molecular complexity index is 511. The van der Waals surface area contributed by atoms with Crippen LogP contribution in [0.15, 0.2) is 35.7 Å². The van der Waals surface area contributed by atoms with Gasteiger partial charge in [-0.1, -0.05) is 52.0 Å². The zero-order valence-electron chi connectivity index (χ0n) is 11.9. The summed E-state index contributed by atoms with van der Waals surface area (Å²) in [5, 5.41) is 2.19. The molecule has 0 bridgehead atoms. The Labute approximate surface area is 115 Å². The second kappa shape index (κ2) is 4.89. The van der Waals surface area contributed by atoms with E-state index in [9.17, 15) is 0 Å². The first-order valence-corrected chi connectivity index (χ1v) is 7.42. The lowest BCUT2D eigenvalue weighted by molar-refractivity contribution is 0.590. The van der Waals surface area contributed by atoms with Gasteiger partial charge < -0.3 is 0 Å². The predicted molar refractivity (Wildman–Crippen MR) is 81.7 cm³/mol. The number of hydrogen-bond acceptors (Lipinski definition) is 1. The molecule has 1 unspecified atom stereocenters.